The summed E-state index contributed by atoms with van der Waals surface area (Å²) in [5.41, 5.74) is 1.56. The molecule has 0 saturated heterocycles. The van der Waals surface area contributed by atoms with Crippen LogP contribution >= 0.6 is 0 Å². The summed E-state index contributed by atoms with van der Waals surface area (Å²) < 4.78 is 11.1. The third-order valence-corrected chi connectivity index (χ3v) is 3.27. The van der Waals surface area contributed by atoms with Crippen LogP contribution in [0.3, 0.4) is 0 Å². The van der Waals surface area contributed by atoms with Gasteiger partial charge in [-0.1, -0.05) is 35.9 Å². The van der Waals surface area contributed by atoms with Crippen molar-refractivity contribution in [3.8, 4) is 17.2 Å². The standard InChI is InChI=1S/C20H16O3/c1-15-6-5-7-16(14-15)20(21)23-19-12-10-18(11-13-19)22-17-8-3-2-4-9-17/h2-14H,1H3. The molecule has 0 aliphatic rings. The molecule has 0 aliphatic heterocycles. The molecule has 0 aromatic heterocycles. The third kappa shape index (κ3) is 3.98. The summed E-state index contributed by atoms with van der Waals surface area (Å²) >= 11 is 0. The minimum absolute atomic E-state index is 0.370. The highest BCUT2D eigenvalue weighted by atomic mass is 16.5. The maximum Gasteiger partial charge on any atom is 0.343 e. The van der Waals surface area contributed by atoms with Crippen molar-refractivity contribution in [3.05, 3.63) is 90.0 Å². The topological polar surface area (TPSA) is 35.5 Å². The number of carbonyl (C=O) groups excluding carboxylic acids is 1. The molecule has 3 rings (SSSR count). The fourth-order valence-electron chi connectivity index (χ4n) is 2.14. The van der Waals surface area contributed by atoms with E-state index in [9.17, 15) is 4.79 Å². The van der Waals surface area contributed by atoms with E-state index in [4.69, 9.17) is 9.47 Å². The summed E-state index contributed by atoms with van der Waals surface area (Å²) in [5.74, 6) is 1.56. The molecule has 0 bridgehead atoms. The van der Waals surface area contributed by atoms with E-state index in [1.165, 1.54) is 0 Å². The normalized spacial score (nSPS) is 10.1. The van der Waals surface area contributed by atoms with Crippen molar-refractivity contribution < 1.29 is 14.3 Å². The van der Waals surface area contributed by atoms with Crippen molar-refractivity contribution in [3.63, 3.8) is 0 Å². The van der Waals surface area contributed by atoms with Gasteiger partial charge in [-0.15, -0.1) is 0 Å². The predicted octanol–water partition coefficient (Wildman–Crippen LogP) is 5.01. The van der Waals surface area contributed by atoms with Crippen molar-refractivity contribution in [1.82, 2.24) is 0 Å². The van der Waals surface area contributed by atoms with E-state index in [0.717, 1.165) is 11.3 Å². The second-order valence-corrected chi connectivity index (χ2v) is 5.15. The third-order valence-electron chi connectivity index (χ3n) is 3.27. The zero-order valence-corrected chi connectivity index (χ0v) is 12.7. The zero-order chi connectivity index (χ0) is 16.1. The second-order valence-electron chi connectivity index (χ2n) is 5.15. The molecule has 3 nitrogen and oxygen atoms in total. The summed E-state index contributed by atoms with van der Waals surface area (Å²) in [6.07, 6.45) is 0. The number of hydrogen-bond donors (Lipinski definition) is 0. The smallest absolute Gasteiger partial charge is 0.343 e. The summed E-state index contributed by atoms with van der Waals surface area (Å²) in [7, 11) is 0. The Morgan fingerprint density at radius 3 is 2.09 bits per heavy atom. The van der Waals surface area contributed by atoms with Crippen LogP contribution in [-0.4, -0.2) is 5.97 Å². The van der Waals surface area contributed by atoms with Gasteiger partial charge in [-0.3, -0.25) is 0 Å². The highest BCUT2D eigenvalue weighted by Gasteiger charge is 2.08. The molecule has 0 aliphatic carbocycles. The first-order valence-electron chi connectivity index (χ1n) is 7.32. The first-order chi connectivity index (χ1) is 11.2. The summed E-state index contributed by atoms with van der Waals surface area (Å²) in [6.45, 7) is 1.94. The molecule has 0 fully saturated rings. The molecule has 114 valence electrons. The molecule has 3 aromatic carbocycles. The Morgan fingerprint density at radius 1 is 0.739 bits per heavy atom. The van der Waals surface area contributed by atoms with Crippen LogP contribution in [0.1, 0.15) is 15.9 Å². The van der Waals surface area contributed by atoms with Gasteiger partial charge in [0.2, 0.25) is 0 Å². The van der Waals surface area contributed by atoms with Crippen molar-refractivity contribution in [2.24, 2.45) is 0 Å². The van der Waals surface area contributed by atoms with Crippen molar-refractivity contribution in [2.45, 2.75) is 6.92 Å². The average Bonchev–Trinajstić information content (AvgIpc) is 2.57. The zero-order valence-electron chi connectivity index (χ0n) is 12.7. The number of aryl methyl sites for hydroxylation is 1. The van der Waals surface area contributed by atoms with Crippen LogP contribution in [0.4, 0.5) is 0 Å². The maximum atomic E-state index is 12.1. The molecule has 0 radical (unpaired) electrons. The van der Waals surface area contributed by atoms with E-state index in [0.29, 0.717) is 17.1 Å². The second kappa shape index (κ2) is 6.79. The van der Waals surface area contributed by atoms with Gasteiger partial charge < -0.3 is 9.47 Å². The van der Waals surface area contributed by atoms with Gasteiger partial charge >= 0.3 is 5.97 Å². The Labute approximate surface area is 135 Å². The van der Waals surface area contributed by atoms with Gasteiger partial charge in [-0.05, 0) is 55.5 Å². The number of rotatable bonds is 4. The predicted molar refractivity (Wildman–Crippen MR) is 89.1 cm³/mol. The number of carbonyl (C=O) groups is 1. The van der Waals surface area contributed by atoms with Gasteiger partial charge in [0.25, 0.3) is 0 Å². The van der Waals surface area contributed by atoms with Crippen molar-refractivity contribution in [1.29, 1.82) is 0 Å². The highest BCUT2D eigenvalue weighted by molar-refractivity contribution is 5.91. The molecular formula is C20H16O3. The fourth-order valence-corrected chi connectivity index (χ4v) is 2.14. The molecule has 3 aromatic rings. The molecule has 0 heterocycles. The van der Waals surface area contributed by atoms with Crippen LogP contribution in [0.15, 0.2) is 78.9 Å². The van der Waals surface area contributed by atoms with E-state index in [-0.39, 0.29) is 5.97 Å². The van der Waals surface area contributed by atoms with Crippen LogP contribution in [0.2, 0.25) is 0 Å². The largest absolute Gasteiger partial charge is 0.457 e. The first kappa shape index (κ1) is 14.9. The Morgan fingerprint density at radius 2 is 1.39 bits per heavy atom. The van der Waals surface area contributed by atoms with Gasteiger partial charge in [-0.2, -0.15) is 0 Å². The van der Waals surface area contributed by atoms with Crippen LogP contribution in [-0.2, 0) is 0 Å². The first-order valence-corrected chi connectivity index (χ1v) is 7.32. The minimum Gasteiger partial charge on any atom is -0.457 e. The van der Waals surface area contributed by atoms with Crippen LogP contribution < -0.4 is 9.47 Å². The van der Waals surface area contributed by atoms with Gasteiger partial charge in [0.15, 0.2) is 0 Å². The van der Waals surface area contributed by atoms with Gasteiger partial charge in [0, 0.05) is 0 Å². The number of hydrogen-bond acceptors (Lipinski definition) is 3. The number of ether oxygens (including phenoxy) is 2. The molecule has 23 heavy (non-hydrogen) atoms. The van der Waals surface area contributed by atoms with Gasteiger partial charge in [0.1, 0.15) is 17.2 Å². The Kier molecular flexibility index (Phi) is 4.39. The van der Waals surface area contributed by atoms with Gasteiger partial charge in [-0.25, -0.2) is 4.79 Å². The minimum atomic E-state index is -0.370. The molecule has 0 saturated carbocycles. The Bertz CT molecular complexity index is 793. The van der Waals surface area contributed by atoms with E-state index >= 15 is 0 Å². The molecule has 0 N–H and O–H groups in total. The molecular weight excluding hydrogens is 288 g/mol. The number of para-hydroxylation sites is 1. The lowest BCUT2D eigenvalue weighted by molar-refractivity contribution is 0.0734. The van der Waals surface area contributed by atoms with E-state index < -0.39 is 0 Å². The SMILES string of the molecule is Cc1cccc(C(=O)Oc2ccc(Oc3ccccc3)cc2)c1. The van der Waals surface area contributed by atoms with E-state index in [2.05, 4.69) is 0 Å². The highest BCUT2D eigenvalue weighted by Crippen LogP contribution is 2.24. The quantitative estimate of drug-likeness (QED) is 0.502. The van der Waals surface area contributed by atoms with Gasteiger partial charge in [0.05, 0.1) is 5.56 Å². The lowest BCUT2D eigenvalue weighted by atomic mass is 10.1. The molecule has 0 unspecified atom stereocenters. The number of benzene rings is 3. The molecule has 0 atom stereocenters. The lowest BCUT2D eigenvalue weighted by Gasteiger charge is -2.07. The van der Waals surface area contributed by atoms with Crippen LogP contribution in [0, 0.1) is 6.92 Å². The average molecular weight is 304 g/mol. The lowest BCUT2D eigenvalue weighted by Crippen LogP contribution is -2.08. The van der Waals surface area contributed by atoms with Crippen molar-refractivity contribution in [2.75, 3.05) is 0 Å². The summed E-state index contributed by atoms with van der Waals surface area (Å²) in [4.78, 5) is 12.1. The maximum absolute atomic E-state index is 12.1. The molecule has 0 spiro atoms. The summed E-state index contributed by atoms with van der Waals surface area (Å²) in [5, 5.41) is 0. The van der Waals surface area contributed by atoms with E-state index in [1.807, 2.05) is 49.4 Å². The molecule has 3 heteroatoms. The van der Waals surface area contributed by atoms with Crippen molar-refractivity contribution >= 4 is 5.97 Å². The van der Waals surface area contributed by atoms with E-state index in [1.54, 1.807) is 36.4 Å². The molecule has 0 amide bonds. The number of esters is 1. The fraction of sp³-hybridized carbons (Fsp3) is 0.0500. The van der Waals surface area contributed by atoms with Crippen LogP contribution in [0.25, 0.3) is 0 Å². The Hall–Kier alpha value is -3.07. The Balaban J connectivity index is 1.67. The van der Waals surface area contributed by atoms with Crippen LogP contribution in [0.5, 0.6) is 17.2 Å². The summed E-state index contributed by atoms with van der Waals surface area (Å²) in [6, 6.07) is 23.8. The monoisotopic (exact) mass is 304 g/mol.